The molecule has 25 heavy (non-hydrogen) atoms. The van der Waals surface area contributed by atoms with E-state index in [2.05, 4.69) is 6.58 Å². The topological polar surface area (TPSA) is 46.6 Å². The van der Waals surface area contributed by atoms with Crippen LogP contribution < -0.4 is 4.74 Å². The quantitative estimate of drug-likeness (QED) is 0.716. The van der Waals surface area contributed by atoms with Crippen molar-refractivity contribution in [3.8, 4) is 5.75 Å². The van der Waals surface area contributed by atoms with Crippen LogP contribution in [0.3, 0.4) is 0 Å². The zero-order valence-corrected chi connectivity index (χ0v) is 14.4. The lowest BCUT2D eigenvalue weighted by Gasteiger charge is -2.33. The minimum Gasteiger partial charge on any atom is -0.492 e. The van der Waals surface area contributed by atoms with Crippen LogP contribution in [0.25, 0.3) is 0 Å². The number of halogens is 3. The number of nitrogens with zero attached hydrogens (tertiary/aromatic N) is 1. The number of hydrogen-bond donors (Lipinski definition) is 0. The van der Waals surface area contributed by atoms with Crippen molar-refractivity contribution in [3.63, 3.8) is 0 Å². The summed E-state index contributed by atoms with van der Waals surface area (Å²) in [7, 11) is -3.47. The Balaban J connectivity index is 1.75. The van der Waals surface area contributed by atoms with Gasteiger partial charge in [-0.15, -0.1) is 6.58 Å². The molecule has 2 bridgehead atoms. The van der Waals surface area contributed by atoms with Gasteiger partial charge in [-0.1, -0.05) is 12.1 Å². The van der Waals surface area contributed by atoms with E-state index in [0.29, 0.717) is 0 Å². The Morgan fingerprint density at radius 3 is 2.76 bits per heavy atom. The molecule has 0 aromatic heterocycles. The van der Waals surface area contributed by atoms with E-state index in [-0.39, 0.29) is 36.1 Å². The van der Waals surface area contributed by atoms with E-state index in [1.54, 1.807) is 0 Å². The molecule has 1 aromatic rings. The van der Waals surface area contributed by atoms with Crippen LogP contribution >= 0.6 is 0 Å². The maximum atomic E-state index is 12.8. The van der Waals surface area contributed by atoms with E-state index < -0.39 is 21.8 Å². The third kappa shape index (κ3) is 3.69. The normalized spacial score (nSPS) is 26.8. The Morgan fingerprint density at radius 2 is 2.08 bits per heavy atom. The molecule has 2 fully saturated rings. The maximum Gasteiger partial charge on any atom is 0.416 e. The molecule has 0 N–H and O–H groups in total. The summed E-state index contributed by atoms with van der Waals surface area (Å²) in [6, 6.07) is 4.28. The van der Waals surface area contributed by atoms with Gasteiger partial charge in [0.25, 0.3) is 0 Å². The first-order chi connectivity index (χ1) is 11.7. The molecular formula is C17H20F3NO3S. The van der Waals surface area contributed by atoms with E-state index in [4.69, 9.17) is 4.74 Å². The van der Waals surface area contributed by atoms with Crippen molar-refractivity contribution < 1.29 is 26.3 Å². The Kier molecular flexibility index (Phi) is 4.85. The van der Waals surface area contributed by atoms with Gasteiger partial charge in [-0.2, -0.15) is 17.5 Å². The highest BCUT2D eigenvalue weighted by Gasteiger charge is 2.50. The van der Waals surface area contributed by atoms with Crippen molar-refractivity contribution in [2.75, 3.05) is 12.4 Å². The average Bonchev–Trinajstić information content (AvgIpc) is 3.13. The second-order valence-electron chi connectivity index (χ2n) is 6.53. The number of benzene rings is 1. The number of ether oxygens (including phenoxy) is 1. The van der Waals surface area contributed by atoms with Gasteiger partial charge in [0.2, 0.25) is 10.0 Å². The molecule has 1 saturated heterocycles. The molecule has 0 radical (unpaired) electrons. The van der Waals surface area contributed by atoms with E-state index >= 15 is 0 Å². The summed E-state index contributed by atoms with van der Waals surface area (Å²) in [6.07, 6.45) is -0.563. The van der Waals surface area contributed by atoms with Gasteiger partial charge in [0.05, 0.1) is 17.4 Å². The SMILES string of the molecule is C=CCS(=O)(=O)N1[C@H]2CC[C@@H](C2)[C@@H]1COc1cccc(C(F)(F)F)c1. The molecule has 138 valence electrons. The van der Waals surface area contributed by atoms with Crippen LogP contribution in [0, 0.1) is 5.92 Å². The second-order valence-corrected chi connectivity index (χ2v) is 8.45. The number of alkyl halides is 3. The van der Waals surface area contributed by atoms with Crippen molar-refractivity contribution in [1.82, 2.24) is 4.31 Å². The molecule has 1 aliphatic heterocycles. The van der Waals surface area contributed by atoms with Crippen molar-refractivity contribution in [2.45, 2.75) is 37.5 Å². The third-order valence-electron chi connectivity index (χ3n) is 4.91. The summed E-state index contributed by atoms with van der Waals surface area (Å²) >= 11 is 0. The smallest absolute Gasteiger partial charge is 0.416 e. The predicted octanol–water partition coefficient (Wildman–Crippen LogP) is 3.45. The van der Waals surface area contributed by atoms with Crippen LogP contribution in [0.15, 0.2) is 36.9 Å². The number of piperidine rings is 1. The highest BCUT2D eigenvalue weighted by molar-refractivity contribution is 7.89. The van der Waals surface area contributed by atoms with Gasteiger partial charge in [0.1, 0.15) is 12.4 Å². The van der Waals surface area contributed by atoms with E-state index in [0.717, 1.165) is 31.4 Å². The van der Waals surface area contributed by atoms with Crippen molar-refractivity contribution in [3.05, 3.63) is 42.5 Å². The fraction of sp³-hybridized carbons (Fsp3) is 0.529. The largest absolute Gasteiger partial charge is 0.492 e. The summed E-state index contributed by atoms with van der Waals surface area (Å²) in [5.74, 6) is 0.144. The molecule has 3 rings (SSSR count). The Bertz CT molecular complexity index is 748. The lowest BCUT2D eigenvalue weighted by atomic mass is 10.0. The van der Waals surface area contributed by atoms with Crippen LogP contribution in [0.5, 0.6) is 5.75 Å². The number of fused-ring (bicyclic) bond motifs is 2. The molecule has 4 nitrogen and oxygen atoms in total. The summed E-state index contributed by atoms with van der Waals surface area (Å²) in [5.41, 5.74) is -0.783. The number of hydrogen-bond acceptors (Lipinski definition) is 3. The first-order valence-electron chi connectivity index (χ1n) is 8.14. The molecule has 1 saturated carbocycles. The van der Waals surface area contributed by atoms with E-state index in [9.17, 15) is 21.6 Å². The fourth-order valence-electron chi connectivity index (χ4n) is 3.87. The van der Waals surface area contributed by atoms with Gasteiger partial charge in [-0.3, -0.25) is 0 Å². The molecule has 2 aliphatic rings. The monoisotopic (exact) mass is 375 g/mol. The van der Waals surface area contributed by atoms with Crippen LogP contribution in [-0.2, 0) is 16.2 Å². The van der Waals surface area contributed by atoms with Crippen molar-refractivity contribution in [2.24, 2.45) is 5.92 Å². The summed E-state index contributed by atoms with van der Waals surface area (Å²) in [6.45, 7) is 3.54. The van der Waals surface area contributed by atoms with Gasteiger partial charge in [0.15, 0.2) is 0 Å². The van der Waals surface area contributed by atoms with E-state index in [1.165, 1.54) is 22.5 Å². The lowest BCUT2D eigenvalue weighted by Crippen LogP contribution is -2.48. The van der Waals surface area contributed by atoms with Gasteiger partial charge in [0, 0.05) is 6.04 Å². The summed E-state index contributed by atoms with van der Waals surface area (Å²) in [4.78, 5) is 0. The zero-order chi connectivity index (χ0) is 18.2. The molecule has 3 atom stereocenters. The third-order valence-corrected chi connectivity index (χ3v) is 6.78. The predicted molar refractivity (Wildman–Crippen MR) is 87.7 cm³/mol. The van der Waals surface area contributed by atoms with Crippen LogP contribution in [0.1, 0.15) is 24.8 Å². The molecule has 8 heteroatoms. The first kappa shape index (κ1) is 18.3. The second kappa shape index (κ2) is 6.64. The van der Waals surface area contributed by atoms with Crippen molar-refractivity contribution in [1.29, 1.82) is 0 Å². The first-order valence-corrected chi connectivity index (χ1v) is 9.75. The molecule has 0 amide bonds. The maximum absolute atomic E-state index is 12.8. The van der Waals surface area contributed by atoms with Gasteiger partial charge >= 0.3 is 6.18 Å². The highest BCUT2D eigenvalue weighted by atomic mass is 32.2. The standard InChI is InChI=1S/C17H20F3NO3S/c1-2-8-25(22,23)21-14-7-6-12(9-14)16(21)11-24-15-5-3-4-13(10-15)17(18,19)20/h2-5,10,12,14,16H,1,6-9,11H2/t12-,14-,16-/m0/s1. The molecule has 1 aliphatic carbocycles. The minimum atomic E-state index is -4.44. The Morgan fingerprint density at radius 1 is 1.32 bits per heavy atom. The van der Waals surface area contributed by atoms with Gasteiger partial charge in [-0.05, 0) is 43.4 Å². The fourth-order valence-corrected chi connectivity index (χ4v) is 5.63. The van der Waals surface area contributed by atoms with Crippen molar-refractivity contribution >= 4 is 10.0 Å². The lowest BCUT2D eigenvalue weighted by molar-refractivity contribution is -0.137. The molecule has 1 aromatic carbocycles. The summed E-state index contributed by atoms with van der Waals surface area (Å²) < 4.78 is 70.4. The molecule has 1 heterocycles. The molecule has 0 spiro atoms. The van der Waals surface area contributed by atoms with Gasteiger partial charge in [-0.25, -0.2) is 8.42 Å². The average molecular weight is 375 g/mol. The van der Waals surface area contributed by atoms with Gasteiger partial charge < -0.3 is 4.74 Å². The number of sulfonamides is 1. The minimum absolute atomic E-state index is 0.0370. The molecular weight excluding hydrogens is 355 g/mol. The zero-order valence-electron chi connectivity index (χ0n) is 13.6. The van der Waals surface area contributed by atoms with Crippen LogP contribution in [0.4, 0.5) is 13.2 Å². The number of rotatable bonds is 6. The Hall–Kier alpha value is -1.54. The highest BCUT2D eigenvalue weighted by Crippen LogP contribution is 2.44. The van der Waals surface area contributed by atoms with Crippen LogP contribution in [-0.4, -0.2) is 37.2 Å². The molecule has 0 unspecified atom stereocenters. The summed E-state index contributed by atoms with van der Waals surface area (Å²) in [5, 5.41) is 0. The van der Waals surface area contributed by atoms with E-state index in [1.807, 2.05) is 0 Å². The van der Waals surface area contributed by atoms with Crippen LogP contribution in [0.2, 0.25) is 0 Å². The Labute approximate surface area is 145 Å².